The van der Waals surface area contributed by atoms with E-state index in [1.165, 1.54) is 12.8 Å². The summed E-state index contributed by atoms with van der Waals surface area (Å²) in [6.07, 6.45) is 8.62. The third-order valence-electron chi connectivity index (χ3n) is 4.71. The van der Waals surface area contributed by atoms with Crippen LogP contribution in [0.25, 0.3) is 0 Å². The number of rotatable bonds is 6. The fourth-order valence-corrected chi connectivity index (χ4v) is 3.37. The van der Waals surface area contributed by atoms with Gasteiger partial charge in [0.2, 0.25) is 5.91 Å². The maximum atomic E-state index is 11.9. The van der Waals surface area contributed by atoms with Crippen LogP contribution in [0.2, 0.25) is 0 Å². The van der Waals surface area contributed by atoms with Crippen LogP contribution in [0.5, 0.6) is 0 Å². The van der Waals surface area contributed by atoms with Crippen LogP contribution in [0.3, 0.4) is 0 Å². The fourth-order valence-electron chi connectivity index (χ4n) is 3.37. The van der Waals surface area contributed by atoms with Crippen molar-refractivity contribution in [3.8, 4) is 0 Å². The van der Waals surface area contributed by atoms with Gasteiger partial charge in [0.1, 0.15) is 0 Å². The molecule has 132 valence electrons. The van der Waals surface area contributed by atoms with Gasteiger partial charge in [-0.05, 0) is 45.4 Å². The minimum absolute atomic E-state index is 0.109. The molecule has 0 heterocycles. The van der Waals surface area contributed by atoms with Gasteiger partial charge < -0.3 is 21.1 Å². The highest BCUT2D eigenvalue weighted by Crippen LogP contribution is 2.18. The molecule has 4 N–H and O–H groups in total. The second-order valence-corrected chi connectivity index (χ2v) is 6.71. The first-order valence-electron chi connectivity index (χ1n) is 9.19. The molecule has 0 aliphatic heterocycles. The first kappa shape index (κ1) is 18.0. The van der Waals surface area contributed by atoms with Crippen molar-refractivity contribution in [2.24, 2.45) is 4.99 Å². The Labute approximate surface area is 139 Å². The first-order chi connectivity index (χ1) is 11.2. The highest BCUT2D eigenvalue weighted by Gasteiger charge is 2.20. The largest absolute Gasteiger partial charge is 0.393 e. The van der Waals surface area contributed by atoms with E-state index in [0.717, 1.165) is 51.0 Å². The number of carbonyl (C=O) groups is 1. The van der Waals surface area contributed by atoms with Crippen molar-refractivity contribution >= 4 is 11.9 Å². The summed E-state index contributed by atoms with van der Waals surface area (Å²) in [5.74, 6) is 0.889. The lowest BCUT2D eigenvalue weighted by molar-refractivity contribution is -0.121. The third kappa shape index (κ3) is 6.77. The topological polar surface area (TPSA) is 85.8 Å². The molecule has 6 nitrogen and oxygen atoms in total. The van der Waals surface area contributed by atoms with Crippen LogP contribution in [0, 0.1) is 0 Å². The molecule has 23 heavy (non-hydrogen) atoms. The van der Waals surface area contributed by atoms with Gasteiger partial charge in [-0.2, -0.15) is 0 Å². The van der Waals surface area contributed by atoms with Crippen LogP contribution in [-0.4, -0.2) is 48.3 Å². The Kier molecular flexibility index (Phi) is 7.65. The maximum Gasteiger partial charge on any atom is 0.222 e. The van der Waals surface area contributed by atoms with Gasteiger partial charge in [0.25, 0.3) is 0 Å². The van der Waals surface area contributed by atoms with Gasteiger partial charge in [-0.25, -0.2) is 0 Å². The van der Waals surface area contributed by atoms with E-state index >= 15 is 0 Å². The van der Waals surface area contributed by atoms with Crippen molar-refractivity contribution in [2.45, 2.75) is 82.9 Å². The smallest absolute Gasteiger partial charge is 0.222 e. The summed E-state index contributed by atoms with van der Waals surface area (Å²) in [6, 6.07) is 0.745. The third-order valence-corrected chi connectivity index (χ3v) is 4.71. The van der Waals surface area contributed by atoms with E-state index in [1.54, 1.807) is 0 Å². The van der Waals surface area contributed by atoms with Gasteiger partial charge in [0.15, 0.2) is 5.96 Å². The second kappa shape index (κ2) is 9.75. The van der Waals surface area contributed by atoms with E-state index in [2.05, 4.69) is 20.9 Å². The number of amides is 1. The average Bonchev–Trinajstić information content (AvgIpc) is 3.02. The lowest BCUT2D eigenvalue weighted by Crippen LogP contribution is -2.45. The predicted octanol–water partition coefficient (Wildman–Crippen LogP) is 1.29. The average molecular weight is 324 g/mol. The Morgan fingerprint density at radius 3 is 2.35 bits per heavy atom. The summed E-state index contributed by atoms with van der Waals surface area (Å²) in [6.45, 7) is 3.34. The molecule has 2 aliphatic carbocycles. The molecule has 2 saturated carbocycles. The minimum atomic E-state index is -0.146. The van der Waals surface area contributed by atoms with E-state index in [9.17, 15) is 9.90 Å². The lowest BCUT2D eigenvalue weighted by atomic mass is 9.93. The Morgan fingerprint density at radius 2 is 1.70 bits per heavy atom. The number of guanidine groups is 1. The van der Waals surface area contributed by atoms with Crippen LogP contribution in [0.1, 0.15) is 64.7 Å². The summed E-state index contributed by atoms with van der Waals surface area (Å²) in [5, 5.41) is 19.3. The molecule has 0 aromatic heterocycles. The molecular formula is C17H32N4O2. The molecule has 2 fully saturated rings. The Balaban J connectivity index is 1.70. The number of carbonyl (C=O) groups excluding carboxylic acids is 1. The number of aliphatic hydroxyl groups excluding tert-OH is 1. The standard InChI is InChI=1S/C17H32N4O2/c1-2-18-17(21-14-7-9-15(22)10-8-14)19-12-11-16(23)20-13-5-3-4-6-13/h13-15,22H,2-12H2,1H3,(H,20,23)(H2,18,19,21). The molecule has 6 heteroatoms. The van der Waals surface area contributed by atoms with E-state index in [1.807, 2.05) is 6.92 Å². The van der Waals surface area contributed by atoms with E-state index < -0.39 is 0 Å². The van der Waals surface area contributed by atoms with E-state index in [4.69, 9.17) is 0 Å². The molecule has 1 amide bonds. The number of hydrogen-bond donors (Lipinski definition) is 4. The molecule has 0 aromatic carbocycles. The summed E-state index contributed by atoms with van der Waals surface area (Å²) in [4.78, 5) is 16.4. The molecule has 0 unspecified atom stereocenters. The van der Waals surface area contributed by atoms with Gasteiger partial charge in [-0.15, -0.1) is 0 Å². The van der Waals surface area contributed by atoms with Crippen LogP contribution < -0.4 is 16.0 Å². The Bertz CT molecular complexity index is 386. The molecular weight excluding hydrogens is 292 g/mol. The molecule has 0 aromatic rings. The van der Waals surface area contributed by atoms with Crippen molar-refractivity contribution in [1.29, 1.82) is 0 Å². The highest BCUT2D eigenvalue weighted by atomic mass is 16.3. The summed E-state index contributed by atoms with van der Waals surface area (Å²) in [5.41, 5.74) is 0. The zero-order valence-electron chi connectivity index (χ0n) is 14.3. The van der Waals surface area contributed by atoms with Crippen molar-refractivity contribution in [3.63, 3.8) is 0 Å². The van der Waals surface area contributed by atoms with Crippen LogP contribution in [0.15, 0.2) is 4.99 Å². The molecule has 0 radical (unpaired) electrons. The fraction of sp³-hybridized carbons (Fsp3) is 0.882. The Hall–Kier alpha value is -1.30. The van der Waals surface area contributed by atoms with Crippen molar-refractivity contribution in [1.82, 2.24) is 16.0 Å². The minimum Gasteiger partial charge on any atom is -0.393 e. The number of aliphatic hydroxyl groups is 1. The van der Waals surface area contributed by atoms with Gasteiger partial charge in [0, 0.05) is 25.0 Å². The van der Waals surface area contributed by atoms with Gasteiger partial charge >= 0.3 is 0 Å². The zero-order chi connectivity index (χ0) is 16.5. The van der Waals surface area contributed by atoms with Crippen LogP contribution in [-0.2, 0) is 4.79 Å². The summed E-state index contributed by atoms with van der Waals surface area (Å²) >= 11 is 0. The van der Waals surface area contributed by atoms with E-state index in [-0.39, 0.29) is 12.0 Å². The van der Waals surface area contributed by atoms with Crippen LogP contribution in [0.4, 0.5) is 0 Å². The lowest BCUT2D eigenvalue weighted by Gasteiger charge is -2.27. The number of nitrogens with one attached hydrogen (secondary N) is 3. The Morgan fingerprint density at radius 1 is 1.04 bits per heavy atom. The van der Waals surface area contributed by atoms with E-state index in [0.29, 0.717) is 25.0 Å². The summed E-state index contributed by atoms with van der Waals surface area (Å²) < 4.78 is 0. The normalized spacial score (nSPS) is 26.1. The number of nitrogens with zero attached hydrogens (tertiary/aromatic N) is 1. The quantitative estimate of drug-likeness (QED) is 0.438. The molecule has 2 aliphatic rings. The monoisotopic (exact) mass is 324 g/mol. The van der Waals surface area contributed by atoms with Crippen molar-refractivity contribution in [3.05, 3.63) is 0 Å². The van der Waals surface area contributed by atoms with Gasteiger partial charge in [-0.3, -0.25) is 9.79 Å². The van der Waals surface area contributed by atoms with Crippen LogP contribution >= 0.6 is 0 Å². The highest BCUT2D eigenvalue weighted by molar-refractivity contribution is 5.81. The zero-order valence-corrected chi connectivity index (χ0v) is 14.3. The molecule has 0 saturated heterocycles. The first-order valence-corrected chi connectivity index (χ1v) is 9.19. The maximum absolute atomic E-state index is 11.9. The summed E-state index contributed by atoms with van der Waals surface area (Å²) in [7, 11) is 0. The molecule has 2 rings (SSSR count). The second-order valence-electron chi connectivity index (χ2n) is 6.71. The predicted molar refractivity (Wildman–Crippen MR) is 92.4 cm³/mol. The van der Waals surface area contributed by atoms with Gasteiger partial charge in [-0.1, -0.05) is 12.8 Å². The SMILES string of the molecule is CCNC(=NCCC(=O)NC1CCCC1)NC1CCC(O)CC1. The molecule has 0 atom stereocenters. The molecule has 0 bridgehead atoms. The number of hydrogen-bond acceptors (Lipinski definition) is 3. The van der Waals surface area contributed by atoms with Crippen molar-refractivity contribution < 1.29 is 9.90 Å². The van der Waals surface area contributed by atoms with Gasteiger partial charge in [0.05, 0.1) is 12.6 Å². The number of aliphatic imine (C=N–C) groups is 1. The molecule has 0 spiro atoms. The van der Waals surface area contributed by atoms with Crippen molar-refractivity contribution in [2.75, 3.05) is 13.1 Å².